The van der Waals surface area contributed by atoms with Crippen LogP contribution in [-0.4, -0.2) is 10.1 Å². The summed E-state index contributed by atoms with van der Waals surface area (Å²) in [6.07, 6.45) is 5.95. The highest BCUT2D eigenvalue weighted by atomic mass is 16.3. The van der Waals surface area contributed by atoms with Gasteiger partial charge in [0.25, 0.3) is 0 Å². The van der Waals surface area contributed by atoms with E-state index in [0.717, 1.165) is 11.1 Å². The van der Waals surface area contributed by atoms with Gasteiger partial charge in [0.1, 0.15) is 5.75 Å². The summed E-state index contributed by atoms with van der Waals surface area (Å²) in [5, 5.41) is 10.9. The lowest BCUT2D eigenvalue weighted by Crippen LogP contribution is -2.02. The number of benzene rings is 2. The highest BCUT2D eigenvalue weighted by Gasteiger charge is 2.04. The number of aromatic hydroxyl groups is 1. The molecule has 2 N–H and O–H groups in total. The number of para-hydroxylation sites is 2. The van der Waals surface area contributed by atoms with Gasteiger partial charge in [0.2, 0.25) is 0 Å². The first-order chi connectivity index (χ1) is 11.2. The highest BCUT2D eigenvalue weighted by molar-refractivity contribution is 5.81. The van der Waals surface area contributed by atoms with Crippen LogP contribution in [0.5, 0.6) is 5.75 Å². The number of aromatic amines is 1. The number of aromatic nitrogens is 1. The number of nitrogens with one attached hydrogen (secondary N) is 1. The molecule has 1 aromatic heterocycles. The second-order valence-electron chi connectivity index (χ2n) is 5.32. The third-order valence-corrected chi connectivity index (χ3v) is 3.72. The van der Waals surface area contributed by atoms with Crippen molar-refractivity contribution >= 4 is 23.1 Å². The Bertz CT molecular complexity index is 951. The topological polar surface area (TPSA) is 53.1 Å². The van der Waals surface area contributed by atoms with Crippen molar-refractivity contribution in [2.24, 2.45) is 0 Å². The molecule has 0 unspecified atom stereocenters. The van der Waals surface area contributed by atoms with E-state index >= 15 is 0 Å². The number of pyridine rings is 1. The zero-order valence-electron chi connectivity index (χ0n) is 12.6. The maximum absolute atomic E-state index is 12.1. The Morgan fingerprint density at radius 2 is 1.91 bits per heavy atom. The van der Waals surface area contributed by atoms with Crippen LogP contribution >= 0.6 is 0 Å². The Labute approximate surface area is 134 Å². The molecule has 3 aromatic rings. The number of allylic oxidation sites excluding steroid dienone is 1. The van der Waals surface area contributed by atoms with Gasteiger partial charge in [-0.05, 0) is 36.3 Å². The number of phenolic OH excluding ortho intramolecular Hbond substituents is 1. The summed E-state index contributed by atoms with van der Waals surface area (Å²) in [4.78, 5) is 15.3. The molecule has 0 aliphatic rings. The Balaban J connectivity index is 1.99. The van der Waals surface area contributed by atoms with Crippen molar-refractivity contribution in [2.75, 3.05) is 0 Å². The van der Waals surface area contributed by atoms with Gasteiger partial charge < -0.3 is 10.1 Å². The average Bonchev–Trinajstić information content (AvgIpc) is 2.56. The molecule has 0 spiro atoms. The maximum atomic E-state index is 12.1. The summed E-state index contributed by atoms with van der Waals surface area (Å²) in [6.45, 7) is 3.69. The van der Waals surface area contributed by atoms with E-state index in [-0.39, 0.29) is 11.2 Å². The summed E-state index contributed by atoms with van der Waals surface area (Å²) in [5.41, 5.74) is 3.00. The Kier molecular flexibility index (Phi) is 4.11. The van der Waals surface area contributed by atoms with Crippen molar-refractivity contribution in [1.29, 1.82) is 0 Å². The minimum atomic E-state index is -0.0244. The molecule has 0 atom stereocenters. The van der Waals surface area contributed by atoms with E-state index in [1.54, 1.807) is 30.4 Å². The second kappa shape index (κ2) is 6.36. The lowest BCUT2D eigenvalue weighted by atomic mass is 10.1. The van der Waals surface area contributed by atoms with Gasteiger partial charge in [-0.15, -0.1) is 6.58 Å². The minimum absolute atomic E-state index is 0.0244. The predicted molar refractivity (Wildman–Crippen MR) is 95.5 cm³/mol. The first kappa shape index (κ1) is 14.9. The van der Waals surface area contributed by atoms with Crippen molar-refractivity contribution < 1.29 is 5.11 Å². The number of phenols is 1. The van der Waals surface area contributed by atoms with Crippen molar-refractivity contribution in [1.82, 2.24) is 4.98 Å². The number of H-pyrrole nitrogens is 1. The number of hydrogen-bond donors (Lipinski definition) is 2. The molecule has 114 valence electrons. The number of hydrogen-bond acceptors (Lipinski definition) is 2. The maximum Gasteiger partial charge on any atom is 0.189 e. The van der Waals surface area contributed by atoms with Crippen LogP contribution in [0.4, 0.5) is 0 Å². The van der Waals surface area contributed by atoms with Gasteiger partial charge in [-0.3, -0.25) is 4.79 Å². The Hall–Kier alpha value is -3.07. The van der Waals surface area contributed by atoms with Gasteiger partial charge in [-0.25, -0.2) is 0 Å². The third kappa shape index (κ3) is 3.09. The molecule has 0 fully saturated rings. The molecular formula is C20H17NO2. The lowest BCUT2D eigenvalue weighted by molar-refractivity contribution is 0.468. The van der Waals surface area contributed by atoms with Crippen LogP contribution in [0.1, 0.15) is 16.8 Å². The van der Waals surface area contributed by atoms with Crippen LogP contribution in [0.3, 0.4) is 0 Å². The molecule has 3 heteroatoms. The molecule has 0 saturated carbocycles. The third-order valence-electron chi connectivity index (χ3n) is 3.72. The van der Waals surface area contributed by atoms with Crippen LogP contribution in [-0.2, 0) is 6.42 Å². The zero-order chi connectivity index (χ0) is 16.2. The normalized spacial score (nSPS) is 11.1. The first-order valence-electron chi connectivity index (χ1n) is 7.41. The van der Waals surface area contributed by atoms with Crippen LogP contribution in [0.2, 0.25) is 0 Å². The molecule has 2 aromatic carbocycles. The van der Waals surface area contributed by atoms with Crippen LogP contribution < -0.4 is 5.43 Å². The molecule has 0 radical (unpaired) electrons. The quantitative estimate of drug-likeness (QED) is 0.712. The molecule has 1 heterocycles. The van der Waals surface area contributed by atoms with E-state index in [4.69, 9.17) is 0 Å². The smallest absolute Gasteiger partial charge is 0.189 e. The van der Waals surface area contributed by atoms with Gasteiger partial charge in [0.05, 0.1) is 0 Å². The lowest BCUT2D eigenvalue weighted by Gasteiger charge is -2.05. The van der Waals surface area contributed by atoms with E-state index in [1.165, 1.54) is 0 Å². The molecule has 23 heavy (non-hydrogen) atoms. The Morgan fingerprint density at radius 3 is 2.74 bits per heavy atom. The van der Waals surface area contributed by atoms with Gasteiger partial charge in [0, 0.05) is 28.2 Å². The number of rotatable bonds is 4. The first-order valence-corrected chi connectivity index (χ1v) is 7.41. The fourth-order valence-electron chi connectivity index (χ4n) is 2.55. The fourth-order valence-corrected chi connectivity index (χ4v) is 2.55. The molecule has 0 bridgehead atoms. The predicted octanol–water partition coefficient (Wildman–Crippen LogP) is 4.13. The van der Waals surface area contributed by atoms with Gasteiger partial charge >= 0.3 is 0 Å². The summed E-state index contributed by atoms with van der Waals surface area (Å²) in [6, 6.07) is 14.5. The monoisotopic (exact) mass is 303 g/mol. The molecule has 0 aliphatic carbocycles. The van der Waals surface area contributed by atoms with Crippen LogP contribution in [0.15, 0.2) is 66.0 Å². The van der Waals surface area contributed by atoms with E-state index in [9.17, 15) is 9.90 Å². The van der Waals surface area contributed by atoms with Gasteiger partial charge in [0.15, 0.2) is 5.43 Å². The Morgan fingerprint density at radius 1 is 1.09 bits per heavy atom. The molecule has 0 aliphatic heterocycles. The van der Waals surface area contributed by atoms with Gasteiger partial charge in [-0.1, -0.05) is 36.4 Å². The van der Waals surface area contributed by atoms with Crippen molar-refractivity contribution in [3.63, 3.8) is 0 Å². The van der Waals surface area contributed by atoms with Crippen LogP contribution in [0, 0.1) is 0 Å². The molecule has 3 rings (SSSR count). The summed E-state index contributed by atoms with van der Waals surface area (Å²) in [7, 11) is 0. The summed E-state index contributed by atoms with van der Waals surface area (Å²) >= 11 is 0. The van der Waals surface area contributed by atoms with Crippen LogP contribution in [0.25, 0.3) is 23.1 Å². The summed E-state index contributed by atoms with van der Waals surface area (Å²) < 4.78 is 0. The standard InChI is InChI=1S/C20H17NO2/c1-2-6-14-7-5-8-15(20(14)23)11-12-16-13-19(22)17-9-3-4-10-18(17)21-16/h2-5,7-13,23H,1,6H2,(H,21,22)/b12-11+. The fraction of sp³-hybridized carbons (Fsp3) is 0.0500. The second-order valence-corrected chi connectivity index (χ2v) is 5.32. The largest absolute Gasteiger partial charge is 0.507 e. The minimum Gasteiger partial charge on any atom is -0.507 e. The molecule has 0 amide bonds. The number of fused-ring (bicyclic) bond motifs is 1. The molecular weight excluding hydrogens is 286 g/mol. The highest BCUT2D eigenvalue weighted by Crippen LogP contribution is 2.25. The average molecular weight is 303 g/mol. The molecule has 0 saturated heterocycles. The van der Waals surface area contributed by atoms with E-state index in [2.05, 4.69) is 11.6 Å². The van der Waals surface area contributed by atoms with E-state index < -0.39 is 0 Å². The van der Waals surface area contributed by atoms with Crippen molar-refractivity contribution in [2.45, 2.75) is 6.42 Å². The zero-order valence-corrected chi connectivity index (χ0v) is 12.6. The van der Waals surface area contributed by atoms with E-state index in [1.807, 2.05) is 36.4 Å². The van der Waals surface area contributed by atoms with Crippen molar-refractivity contribution in [3.8, 4) is 5.75 Å². The summed E-state index contributed by atoms with van der Waals surface area (Å²) in [5.74, 6) is 0.242. The van der Waals surface area contributed by atoms with Crippen molar-refractivity contribution in [3.05, 3.63) is 88.2 Å². The molecule has 3 nitrogen and oxygen atoms in total. The van der Waals surface area contributed by atoms with Gasteiger partial charge in [-0.2, -0.15) is 0 Å². The SMILES string of the molecule is C=CCc1cccc(/C=C/c2cc(=O)c3ccccc3[nH]2)c1O. The van der Waals surface area contributed by atoms with E-state index in [0.29, 0.717) is 23.1 Å².